The van der Waals surface area contributed by atoms with Gasteiger partial charge in [0.1, 0.15) is 5.60 Å². The summed E-state index contributed by atoms with van der Waals surface area (Å²) >= 11 is 0. The van der Waals surface area contributed by atoms with Gasteiger partial charge in [0.2, 0.25) is 0 Å². The van der Waals surface area contributed by atoms with Gasteiger partial charge in [0, 0.05) is 25.6 Å². The molecule has 3 nitrogen and oxygen atoms in total. The van der Waals surface area contributed by atoms with Gasteiger partial charge in [0.15, 0.2) is 0 Å². The van der Waals surface area contributed by atoms with Gasteiger partial charge in [-0.15, -0.1) is 0 Å². The molecule has 0 spiro atoms. The molecule has 0 aromatic heterocycles. The van der Waals surface area contributed by atoms with E-state index in [-0.39, 0.29) is 18.9 Å². The Morgan fingerprint density at radius 1 is 1.22 bits per heavy atom. The summed E-state index contributed by atoms with van der Waals surface area (Å²) in [5.74, 6) is -1.14. The predicted molar refractivity (Wildman–Crippen MR) is 60.2 cm³/mol. The quantitative estimate of drug-likeness (QED) is 0.820. The van der Waals surface area contributed by atoms with Gasteiger partial charge in [-0.1, -0.05) is 0 Å². The molecule has 0 bridgehead atoms. The molecule has 6 heteroatoms. The molecule has 1 aliphatic heterocycles. The second-order valence-corrected chi connectivity index (χ2v) is 5.50. The molecule has 2 rings (SSSR count). The van der Waals surface area contributed by atoms with Crippen LogP contribution in [-0.2, 0) is 4.74 Å². The molecule has 2 fully saturated rings. The van der Waals surface area contributed by atoms with E-state index in [9.17, 15) is 18.3 Å². The van der Waals surface area contributed by atoms with E-state index in [1.54, 1.807) is 0 Å². The number of rotatable bonds is 3. The molecule has 18 heavy (non-hydrogen) atoms. The fourth-order valence-corrected chi connectivity index (χ4v) is 2.70. The summed E-state index contributed by atoms with van der Waals surface area (Å²) in [7, 11) is 0. The molecule has 1 atom stereocenters. The van der Waals surface area contributed by atoms with Crippen LogP contribution in [0.25, 0.3) is 0 Å². The molecular formula is C12H20F3NO2. The first-order chi connectivity index (χ1) is 8.39. The maximum Gasteiger partial charge on any atom is 0.391 e. The molecule has 1 aliphatic carbocycles. The van der Waals surface area contributed by atoms with E-state index in [0.717, 1.165) is 0 Å². The number of hydrogen-bond donors (Lipinski definition) is 2. The lowest BCUT2D eigenvalue weighted by Gasteiger charge is -2.32. The van der Waals surface area contributed by atoms with Crippen molar-refractivity contribution in [2.24, 2.45) is 5.92 Å². The van der Waals surface area contributed by atoms with E-state index in [4.69, 9.17) is 4.74 Å². The average Bonchev–Trinajstić information content (AvgIpc) is 2.74. The third-order valence-electron chi connectivity index (χ3n) is 3.99. The number of hydrogen-bond acceptors (Lipinski definition) is 3. The van der Waals surface area contributed by atoms with Crippen molar-refractivity contribution in [2.75, 3.05) is 19.8 Å². The summed E-state index contributed by atoms with van der Waals surface area (Å²) in [6, 6.07) is 0.0909. The Morgan fingerprint density at radius 3 is 2.39 bits per heavy atom. The van der Waals surface area contributed by atoms with Crippen LogP contribution in [0.5, 0.6) is 0 Å². The molecule has 1 unspecified atom stereocenters. The van der Waals surface area contributed by atoms with Crippen molar-refractivity contribution >= 4 is 0 Å². The third kappa shape index (κ3) is 3.59. The highest BCUT2D eigenvalue weighted by atomic mass is 19.4. The van der Waals surface area contributed by atoms with Gasteiger partial charge in [-0.25, -0.2) is 0 Å². The minimum atomic E-state index is -4.05. The van der Waals surface area contributed by atoms with Crippen molar-refractivity contribution in [3.63, 3.8) is 0 Å². The largest absolute Gasteiger partial charge is 0.391 e. The van der Waals surface area contributed by atoms with Crippen molar-refractivity contribution in [1.29, 1.82) is 0 Å². The summed E-state index contributed by atoms with van der Waals surface area (Å²) in [5, 5.41) is 13.2. The second-order valence-electron chi connectivity index (χ2n) is 5.50. The number of nitrogens with one attached hydrogen (secondary N) is 1. The molecule has 2 aliphatic rings. The third-order valence-corrected chi connectivity index (χ3v) is 3.99. The Kier molecular flexibility index (Phi) is 4.18. The maximum atomic E-state index is 12.5. The Morgan fingerprint density at radius 2 is 1.89 bits per heavy atom. The molecule has 1 saturated heterocycles. The van der Waals surface area contributed by atoms with E-state index < -0.39 is 17.7 Å². The van der Waals surface area contributed by atoms with Gasteiger partial charge in [0.25, 0.3) is 0 Å². The molecule has 2 N–H and O–H groups in total. The molecule has 0 amide bonds. The first kappa shape index (κ1) is 14.1. The van der Waals surface area contributed by atoms with Crippen LogP contribution in [0.3, 0.4) is 0 Å². The van der Waals surface area contributed by atoms with Crippen molar-refractivity contribution in [3.05, 3.63) is 0 Å². The molecule has 1 saturated carbocycles. The highest BCUT2D eigenvalue weighted by Gasteiger charge is 2.41. The van der Waals surface area contributed by atoms with E-state index >= 15 is 0 Å². The Labute approximate surface area is 105 Å². The topological polar surface area (TPSA) is 41.5 Å². The van der Waals surface area contributed by atoms with Crippen molar-refractivity contribution in [1.82, 2.24) is 5.32 Å². The van der Waals surface area contributed by atoms with Crippen LogP contribution >= 0.6 is 0 Å². The number of halogens is 3. The lowest BCUT2D eigenvalue weighted by molar-refractivity contribution is -0.182. The fraction of sp³-hybridized carbons (Fsp3) is 1.00. The van der Waals surface area contributed by atoms with Gasteiger partial charge in [-0.2, -0.15) is 13.2 Å². The Balaban J connectivity index is 1.71. The van der Waals surface area contributed by atoms with E-state index in [1.165, 1.54) is 0 Å². The Bertz CT molecular complexity index is 269. The maximum absolute atomic E-state index is 12.5. The molecular weight excluding hydrogens is 247 g/mol. The highest BCUT2D eigenvalue weighted by molar-refractivity contribution is 4.88. The van der Waals surface area contributed by atoms with Crippen molar-refractivity contribution < 1.29 is 23.0 Å². The first-order valence-electron chi connectivity index (χ1n) is 6.49. The molecule has 1 heterocycles. The van der Waals surface area contributed by atoms with Gasteiger partial charge >= 0.3 is 6.18 Å². The van der Waals surface area contributed by atoms with Crippen LogP contribution in [-0.4, -0.2) is 42.7 Å². The van der Waals surface area contributed by atoms with E-state index in [1.807, 2.05) is 0 Å². The Hall–Kier alpha value is -0.330. The fourth-order valence-electron chi connectivity index (χ4n) is 2.70. The summed E-state index contributed by atoms with van der Waals surface area (Å²) in [5.41, 5.74) is -0.832. The summed E-state index contributed by atoms with van der Waals surface area (Å²) in [6.45, 7) is 1.28. The SMILES string of the molecule is OC1(CNC2CCC(C(F)(F)F)CC2)CCOC1. The van der Waals surface area contributed by atoms with Crippen LogP contribution in [0.15, 0.2) is 0 Å². The number of alkyl halides is 3. The summed E-state index contributed by atoms with van der Waals surface area (Å²) < 4.78 is 42.6. The van der Waals surface area contributed by atoms with Crippen molar-refractivity contribution in [2.45, 2.75) is 49.9 Å². The lowest BCUT2D eigenvalue weighted by Crippen LogP contribution is -2.46. The van der Waals surface area contributed by atoms with Crippen LogP contribution in [0.4, 0.5) is 13.2 Å². The van der Waals surface area contributed by atoms with Gasteiger partial charge in [-0.3, -0.25) is 0 Å². The van der Waals surface area contributed by atoms with Crippen LogP contribution in [0, 0.1) is 5.92 Å². The minimum absolute atomic E-state index is 0.0909. The zero-order valence-corrected chi connectivity index (χ0v) is 10.3. The average molecular weight is 267 g/mol. The molecule has 0 radical (unpaired) electrons. The monoisotopic (exact) mass is 267 g/mol. The van der Waals surface area contributed by atoms with Crippen LogP contribution in [0.1, 0.15) is 32.1 Å². The summed E-state index contributed by atoms with van der Waals surface area (Å²) in [4.78, 5) is 0. The first-order valence-corrected chi connectivity index (χ1v) is 6.49. The molecule has 0 aromatic carbocycles. The number of ether oxygens (including phenoxy) is 1. The number of aliphatic hydroxyl groups is 1. The standard InChI is InChI=1S/C12H20F3NO2/c13-12(14,15)9-1-3-10(4-2-9)16-7-11(17)5-6-18-8-11/h9-10,16-17H,1-8H2. The smallest absolute Gasteiger partial charge is 0.386 e. The lowest BCUT2D eigenvalue weighted by atomic mass is 9.85. The van der Waals surface area contributed by atoms with Crippen LogP contribution in [0.2, 0.25) is 0 Å². The second kappa shape index (κ2) is 5.35. The van der Waals surface area contributed by atoms with Gasteiger partial charge in [0.05, 0.1) is 12.5 Å². The summed E-state index contributed by atoms with van der Waals surface area (Å²) in [6.07, 6.45) is -2.02. The van der Waals surface area contributed by atoms with E-state index in [2.05, 4.69) is 5.32 Å². The van der Waals surface area contributed by atoms with Gasteiger partial charge < -0.3 is 15.2 Å². The van der Waals surface area contributed by atoms with E-state index in [0.29, 0.717) is 39.0 Å². The zero-order chi connectivity index (χ0) is 13.2. The van der Waals surface area contributed by atoms with Gasteiger partial charge in [-0.05, 0) is 25.7 Å². The molecule has 0 aromatic rings. The molecule has 106 valence electrons. The predicted octanol–water partition coefficient (Wildman–Crippen LogP) is 1.85. The van der Waals surface area contributed by atoms with Crippen LogP contribution < -0.4 is 5.32 Å². The normalized spacial score (nSPS) is 38.0. The highest BCUT2D eigenvalue weighted by Crippen LogP contribution is 2.37. The van der Waals surface area contributed by atoms with Crippen molar-refractivity contribution in [3.8, 4) is 0 Å². The zero-order valence-electron chi connectivity index (χ0n) is 10.3. The minimum Gasteiger partial charge on any atom is -0.386 e.